The predicted molar refractivity (Wildman–Crippen MR) is 69.3 cm³/mol. The van der Waals surface area contributed by atoms with E-state index in [0.717, 1.165) is 31.5 Å². The van der Waals surface area contributed by atoms with Gasteiger partial charge in [-0.05, 0) is 32.4 Å². The molecule has 2 atom stereocenters. The monoisotopic (exact) mass is 262 g/mol. The summed E-state index contributed by atoms with van der Waals surface area (Å²) < 4.78 is 16.9. The van der Waals surface area contributed by atoms with E-state index in [-0.39, 0.29) is 6.10 Å². The Morgan fingerprint density at radius 3 is 2.29 bits per heavy atom. The maximum absolute atomic E-state index is 9.89. The molecule has 4 nitrogen and oxygen atoms in total. The van der Waals surface area contributed by atoms with E-state index in [1.54, 1.807) is 0 Å². The fraction of sp³-hybridized carbons (Fsp3) is 1.00. The highest BCUT2D eigenvalue weighted by Crippen LogP contribution is 2.24. The molecule has 1 aliphatic heterocycles. The Morgan fingerprint density at radius 1 is 1.29 bits per heavy atom. The highest BCUT2D eigenvalue weighted by atomic mass is 28.4. The molecule has 1 aliphatic rings. The van der Waals surface area contributed by atoms with Crippen molar-refractivity contribution in [2.75, 3.05) is 19.8 Å². The maximum Gasteiger partial charge on any atom is 0.337 e. The zero-order chi connectivity index (χ0) is 12.7. The van der Waals surface area contributed by atoms with Gasteiger partial charge in [0.05, 0.1) is 18.8 Å². The van der Waals surface area contributed by atoms with Crippen molar-refractivity contribution in [1.82, 2.24) is 0 Å². The predicted octanol–water partition coefficient (Wildman–Crippen LogP) is 2.06. The van der Waals surface area contributed by atoms with Crippen LogP contribution < -0.4 is 0 Å². The Balaban J connectivity index is 2.34. The van der Waals surface area contributed by atoms with E-state index in [9.17, 15) is 5.11 Å². The molecule has 1 rings (SSSR count). The highest BCUT2D eigenvalue weighted by Gasteiger charge is 2.36. The molecule has 1 saturated heterocycles. The minimum atomic E-state index is -2.06. The lowest BCUT2D eigenvalue weighted by molar-refractivity contribution is 0.135. The quantitative estimate of drug-likeness (QED) is 0.484. The first kappa shape index (κ1) is 15.1. The number of hydrogen-bond donors (Lipinski definition) is 1. The summed E-state index contributed by atoms with van der Waals surface area (Å²) in [5.74, 6) is 0. The lowest BCUT2D eigenvalue weighted by Crippen LogP contribution is -2.42. The van der Waals surface area contributed by atoms with Crippen LogP contribution in [0, 0.1) is 0 Å². The molecule has 0 saturated carbocycles. The lowest BCUT2D eigenvalue weighted by Gasteiger charge is -2.29. The van der Waals surface area contributed by atoms with Crippen LogP contribution in [0.5, 0.6) is 0 Å². The molecule has 1 heterocycles. The third-order valence-electron chi connectivity index (χ3n) is 3.15. The van der Waals surface area contributed by atoms with Crippen LogP contribution in [0.15, 0.2) is 0 Å². The molecular weight excluding hydrogens is 236 g/mol. The molecule has 2 unspecified atom stereocenters. The SMILES string of the molecule is CCO[Si](CC)(CCC(O)CC1CO1)OCC. The second-order valence-electron chi connectivity index (χ2n) is 4.51. The number of aliphatic hydroxyl groups excluding tert-OH is 1. The topological polar surface area (TPSA) is 51.2 Å². The van der Waals surface area contributed by atoms with E-state index in [2.05, 4.69) is 6.92 Å². The lowest BCUT2D eigenvalue weighted by atomic mass is 10.2. The first-order valence-corrected chi connectivity index (χ1v) is 8.96. The smallest absolute Gasteiger partial charge is 0.337 e. The summed E-state index contributed by atoms with van der Waals surface area (Å²) in [7, 11) is -2.06. The average Bonchev–Trinajstić information content (AvgIpc) is 3.10. The van der Waals surface area contributed by atoms with Crippen LogP contribution >= 0.6 is 0 Å². The summed E-state index contributed by atoms with van der Waals surface area (Å²) in [5.41, 5.74) is 0. The van der Waals surface area contributed by atoms with Crippen LogP contribution in [-0.4, -0.2) is 45.7 Å². The van der Waals surface area contributed by atoms with Gasteiger partial charge >= 0.3 is 8.56 Å². The second-order valence-corrected chi connectivity index (χ2v) is 8.12. The van der Waals surface area contributed by atoms with E-state index in [0.29, 0.717) is 19.3 Å². The van der Waals surface area contributed by atoms with Crippen molar-refractivity contribution in [3.05, 3.63) is 0 Å². The van der Waals surface area contributed by atoms with E-state index in [1.807, 2.05) is 13.8 Å². The minimum Gasteiger partial charge on any atom is -0.394 e. The fourth-order valence-corrected chi connectivity index (χ4v) is 5.06. The molecule has 102 valence electrons. The zero-order valence-electron chi connectivity index (χ0n) is 11.3. The van der Waals surface area contributed by atoms with Crippen molar-refractivity contribution >= 4 is 8.56 Å². The molecule has 0 spiro atoms. The molecule has 0 aromatic rings. The minimum absolute atomic E-state index is 0.276. The van der Waals surface area contributed by atoms with E-state index >= 15 is 0 Å². The van der Waals surface area contributed by atoms with E-state index < -0.39 is 8.56 Å². The molecule has 0 bridgehead atoms. The zero-order valence-corrected chi connectivity index (χ0v) is 12.3. The molecule has 0 radical (unpaired) electrons. The third-order valence-corrected chi connectivity index (χ3v) is 6.91. The van der Waals surface area contributed by atoms with Gasteiger partial charge in [0.25, 0.3) is 0 Å². The molecule has 0 aromatic heterocycles. The summed E-state index contributed by atoms with van der Waals surface area (Å²) in [6.07, 6.45) is 1.54. The van der Waals surface area contributed by atoms with Crippen molar-refractivity contribution < 1.29 is 18.7 Å². The number of aliphatic hydroxyl groups is 1. The van der Waals surface area contributed by atoms with Crippen molar-refractivity contribution in [2.45, 2.75) is 57.9 Å². The maximum atomic E-state index is 9.89. The number of ether oxygens (including phenoxy) is 1. The van der Waals surface area contributed by atoms with Gasteiger partial charge in [0.15, 0.2) is 0 Å². The van der Waals surface area contributed by atoms with Gasteiger partial charge in [0.2, 0.25) is 0 Å². The Labute approximate surface area is 106 Å². The van der Waals surface area contributed by atoms with Gasteiger partial charge in [0, 0.05) is 19.6 Å². The Kier molecular flexibility index (Phi) is 6.65. The first-order chi connectivity index (χ1) is 8.15. The number of epoxide rings is 1. The summed E-state index contributed by atoms with van der Waals surface area (Å²) in [6.45, 7) is 8.33. The van der Waals surface area contributed by atoms with Crippen LogP contribution in [-0.2, 0) is 13.6 Å². The summed E-state index contributed by atoms with van der Waals surface area (Å²) in [5, 5.41) is 9.89. The molecular formula is C12H26O4Si. The van der Waals surface area contributed by atoms with Gasteiger partial charge in [-0.15, -0.1) is 0 Å². The standard InChI is InChI=1S/C12H26O4Si/c1-4-15-17(6-3,16-5-2)8-7-11(13)9-12-10-14-12/h11-13H,4-10H2,1-3H3. The van der Waals surface area contributed by atoms with Gasteiger partial charge < -0.3 is 18.7 Å². The van der Waals surface area contributed by atoms with Crippen LogP contribution in [0.25, 0.3) is 0 Å². The summed E-state index contributed by atoms with van der Waals surface area (Å²) in [6, 6.07) is 1.82. The van der Waals surface area contributed by atoms with Crippen LogP contribution in [0.3, 0.4) is 0 Å². The van der Waals surface area contributed by atoms with Gasteiger partial charge in [-0.3, -0.25) is 0 Å². The fourth-order valence-electron chi connectivity index (χ4n) is 2.10. The number of rotatable bonds is 10. The Bertz CT molecular complexity index is 203. The largest absolute Gasteiger partial charge is 0.394 e. The van der Waals surface area contributed by atoms with Crippen molar-refractivity contribution in [3.8, 4) is 0 Å². The van der Waals surface area contributed by atoms with Crippen LogP contribution in [0.4, 0.5) is 0 Å². The van der Waals surface area contributed by atoms with Crippen molar-refractivity contribution in [3.63, 3.8) is 0 Å². The van der Waals surface area contributed by atoms with Crippen LogP contribution in [0.1, 0.15) is 33.6 Å². The third kappa shape index (κ3) is 5.48. The van der Waals surface area contributed by atoms with Crippen LogP contribution in [0.2, 0.25) is 12.1 Å². The highest BCUT2D eigenvalue weighted by molar-refractivity contribution is 6.67. The van der Waals surface area contributed by atoms with Gasteiger partial charge in [-0.2, -0.15) is 0 Å². The molecule has 1 fully saturated rings. The first-order valence-electron chi connectivity index (χ1n) is 6.73. The van der Waals surface area contributed by atoms with Crippen molar-refractivity contribution in [2.24, 2.45) is 0 Å². The normalized spacial score (nSPS) is 21.5. The summed E-state index contributed by atoms with van der Waals surface area (Å²) >= 11 is 0. The van der Waals surface area contributed by atoms with E-state index in [4.69, 9.17) is 13.6 Å². The molecule has 1 N–H and O–H groups in total. The summed E-state index contributed by atoms with van der Waals surface area (Å²) in [4.78, 5) is 0. The molecule has 0 aromatic carbocycles. The Morgan fingerprint density at radius 2 is 1.88 bits per heavy atom. The van der Waals surface area contributed by atoms with Gasteiger partial charge in [-0.25, -0.2) is 0 Å². The van der Waals surface area contributed by atoms with Gasteiger partial charge in [0.1, 0.15) is 0 Å². The molecule has 5 heteroatoms. The molecule has 0 amide bonds. The second kappa shape index (κ2) is 7.48. The average molecular weight is 262 g/mol. The Hall–Kier alpha value is 0.0569. The molecule has 17 heavy (non-hydrogen) atoms. The van der Waals surface area contributed by atoms with E-state index in [1.165, 1.54) is 0 Å². The van der Waals surface area contributed by atoms with Crippen molar-refractivity contribution in [1.29, 1.82) is 0 Å². The number of hydrogen-bond acceptors (Lipinski definition) is 4. The van der Waals surface area contributed by atoms with Gasteiger partial charge in [-0.1, -0.05) is 6.92 Å². The molecule has 0 aliphatic carbocycles.